The predicted octanol–water partition coefficient (Wildman–Crippen LogP) is -2.85. The number of hydrogen-bond donors (Lipinski definition) is 4. The number of rotatable bonds is 6. The SMILES string of the molecule is NC(=O)CN1CCN(CC(=O)O)CCNCCN(CC(=O)O)CC1. The first-order valence-electron chi connectivity index (χ1n) is 7.96. The number of amides is 1. The summed E-state index contributed by atoms with van der Waals surface area (Å²) in [5, 5.41) is 21.1. The topological polar surface area (TPSA) is 139 Å². The summed E-state index contributed by atoms with van der Waals surface area (Å²) in [6.45, 7) is 4.31. The standard InChI is InChI=1S/C14H27N5O5/c15-12(20)9-19-7-5-17(10-13(21)22)3-1-16-2-4-18(6-8-19)11-14(23)24/h16H,1-11H2,(H2,15,20)(H,21,22)(H,23,24). The first kappa shape index (κ1) is 20.3. The van der Waals surface area contributed by atoms with Crippen molar-refractivity contribution in [3.63, 3.8) is 0 Å². The van der Waals surface area contributed by atoms with Crippen LogP contribution in [0.2, 0.25) is 0 Å². The molecule has 1 saturated heterocycles. The molecule has 0 radical (unpaired) electrons. The van der Waals surface area contributed by atoms with Gasteiger partial charge in [0.2, 0.25) is 5.91 Å². The second kappa shape index (κ2) is 10.9. The van der Waals surface area contributed by atoms with E-state index in [1.165, 1.54) is 0 Å². The third kappa shape index (κ3) is 9.40. The average Bonchev–Trinajstić information content (AvgIpc) is 2.45. The van der Waals surface area contributed by atoms with E-state index in [0.29, 0.717) is 52.4 Å². The van der Waals surface area contributed by atoms with Crippen molar-refractivity contribution >= 4 is 17.8 Å². The molecule has 0 aromatic rings. The van der Waals surface area contributed by atoms with Gasteiger partial charge in [-0.25, -0.2) is 0 Å². The Bertz CT molecular complexity index is 404. The van der Waals surface area contributed by atoms with Crippen molar-refractivity contribution in [1.29, 1.82) is 0 Å². The molecule has 24 heavy (non-hydrogen) atoms. The molecule has 1 fully saturated rings. The van der Waals surface area contributed by atoms with E-state index in [9.17, 15) is 14.4 Å². The van der Waals surface area contributed by atoms with Crippen molar-refractivity contribution in [1.82, 2.24) is 20.0 Å². The van der Waals surface area contributed by atoms with Crippen LogP contribution in [0.25, 0.3) is 0 Å². The molecule has 0 bridgehead atoms. The Balaban J connectivity index is 2.68. The van der Waals surface area contributed by atoms with E-state index >= 15 is 0 Å². The summed E-state index contributed by atoms with van der Waals surface area (Å²) in [5.41, 5.74) is 5.26. The molecule has 1 aliphatic rings. The van der Waals surface area contributed by atoms with E-state index in [-0.39, 0.29) is 19.6 Å². The molecule has 0 unspecified atom stereocenters. The second-order valence-electron chi connectivity index (χ2n) is 5.83. The maximum atomic E-state index is 11.2. The molecule has 5 N–H and O–H groups in total. The van der Waals surface area contributed by atoms with Crippen LogP contribution in [0.3, 0.4) is 0 Å². The number of carbonyl (C=O) groups is 3. The fourth-order valence-corrected chi connectivity index (χ4v) is 2.58. The number of carbonyl (C=O) groups excluding carboxylic acids is 1. The molecule has 10 heteroatoms. The van der Waals surface area contributed by atoms with Crippen molar-refractivity contribution in [2.45, 2.75) is 0 Å². The Kier molecular flexibility index (Phi) is 9.23. The highest BCUT2D eigenvalue weighted by atomic mass is 16.4. The summed E-state index contributed by atoms with van der Waals surface area (Å²) in [6.07, 6.45) is 0. The maximum absolute atomic E-state index is 11.2. The van der Waals surface area contributed by atoms with Crippen LogP contribution in [0.15, 0.2) is 0 Å². The number of aliphatic carboxylic acids is 2. The van der Waals surface area contributed by atoms with Crippen molar-refractivity contribution < 1.29 is 24.6 Å². The molecule has 1 aliphatic heterocycles. The number of nitrogens with zero attached hydrogens (tertiary/aromatic N) is 3. The third-order valence-electron chi connectivity index (χ3n) is 3.77. The zero-order valence-electron chi connectivity index (χ0n) is 13.8. The van der Waals surface area contributed by atoms with Gasteiger partial charge in [-0.2, -0.15) is 0 Å². The van der Waals surface area contributed by atoms with Crippen molar-refractivity contribution in [2.75, 3.05) is 72.0 Å². The zero-order valence-corrected chi connectivity index (χ0v) is 13.8. The lowest BCUT2D eigenvalue weighted by molar-refractivity contribution is -0.139. The molecule has 1 amide bonds. The van der Waals surface area contributed by atoms with Gasteiger partial charge in [0.15, 0.2) is 0 Å². The van der Waals surface area contributed by atoms with Crippen LogP contribution in [0.5, 0.6) is 0 Å². The summed E-state index contributed by atoms with van der Waals surface area (Å²) in [4.78, 5) is 38.5. The van der Waals surface area contributed by atoms with Gasteiger partial charge in [-0.1, -0.05) is 0 Å². The largest absolute Gasteiger partial charge is 0.480 e. The third-order valence-corrected chi connectivity index (χ3v) is 3.77. The Hall–Kier alpha value is -1.75. The Morgan fingerprint density at radius 3 is 1.46 bits per heavy atom. The van der Waals surface area contributed by atoms with E-state index < -0.39 is 17.8 Å². The minimum atomic E-state index is -0.892. The molecule has 0 aromatic carbocycles. The van der Waals surface area contributed by atoms with Crippen LogP contribution >= 0.6 is 0 Å². The lowest BCUT2D eigenvalue weighted by Gasteiger charge is -2.30. The van der Waals surface area contributed by atoms with Crippen LogP contribution in [-0.4, -0.2) is 115 Å². The van der Waals surface area contributed by atoms with Gasteiger partial charge in [-0.15, -0.1) is 0 Å². The molecule has 0 spiro atoms. The van der Waals surface area contributed by atoms with E-state index in [0.717, 1.165) is 0 Å². The number of nitrogens with one attached hydrogen (secondary N) is 1. The van der Waals surface area contributed by atoms with Crippen LogP contribution in [-0.2, 0) is 14.4 Å². The second-order valence-corrected chi connectivity index (χ2v) is 5.83. The van der Waals surface area contributed by atoms with E-state index in [4.69, 9.17) is 15.9 Å². The Labute approximate surface area is 141 Å². The number of hydrogen-bond acceptors (Lipinski definition) is 7. The van der Waals surface area contributed by atoms with Crippen LogP contribution < -0.4 is 11.1 Å². The molecular weight excluding hydrogens is 318 g/mol. The molecule has 1 heterocycles. The quantitative estimate of drug-likeness (QED) is 0.400. The highest BCUT2D eigenvalue weighted by Gasteiger charge is 2.17. The Morgan fingerprint density at radius 1 is 0.750 bits per heavy atom. The number of carboxylic acid groups (broad SMARTS) is 2. The average molecular weight is 345 g/mol. The molecule has 0 aliphatic carbocycles. The molecular formula is C14H27N5O5. The molecule has 0 saturated carbocycles. The fraction of sp³-hybridized carbons (Fsp3) is 0.786. The summed E-state index contributed by atoms with van der Waals surface area (Å²) in [6, 6.07) is 0. The number of carboxylic acids is 2. The normalized spacial score (nSPS) is 20.0. The van der Waals surface area contributed by atoms with Crippen molar-refractivity contribution in [3.05, 3.63) is 0 Å². The van der Waals surface area contributed by atoms with Crippen LogP contribution in [0.1, 0.15) is 0 Å². The van der Waals surface area contributed by atoms with Gasteiger partial charge in [0.05, 0.1) is 19.6 Å². The summed E-state index contributed by atoms with van der Waals surface area (Å²) in [7, 11) is 0. The summed E-state index contributed by atoms with van der Waals surface area (Å²) < 4.78 is 0. The van der Waals surface area contributed by atoms with Crippen LogP contribution in [0, 0.1) is 0 Å². The maximum Gasteiger partial charge on any atom is 0.317 e. The smallest absolute Gasteiger partial charge is 0.317 e. The molecule has 138 valence electrons. The Morgan fingerprint density at radius 2 is 1.12 bits per heavy atom. The molecule has 10 nitrogen and oxygen atoms in total. The minimum Gasteiger partial charge on any atom is -0.480 e. The zero-order chi connectivity index (χ0) is 17.9. The van der Waals surface area contributed by atoms with Gasteiger partial charge < -0.3 is 21.3 Å². The highest BCUT2D eigenvalue weighted by Crippen LogP contribution is 1.97. The van der Waals surface area contributed by atoms with Crippen molar-refractivity contribution in [3.8, 4) is 0 Å². The molecule has 0 atom stereocenters. The fourth-order valence-electron chi connectivity index (χ4n) is 2.58. The van der Waals surface area contributed by atoms with Gasteiger partial charge in [0.25, 0.3) is 0 Å². The monoisotopic (exact) mass is 345 g/mol. The van der Waals surface area contributed by atoms with Crippen molar-refractivity contribution in [2.24, 2.45) is 5.73 Å². The number of nitrogens with two attached hydrogens (primary N) is 1. The van der Waals surface area contributed by atoms with Crippen LogP contribution in [0.4, 0.5) is 0 Å². The highest BCUT2D eigenvalue weighted by molar-refractivity contribution is 5.75. The van der Waals surface area contributed by atoms with Gasteiger partial charge >= 0.3 is 11.9 Å². The van der Waals surface area contributed by atoms with Gasteiger partial charge in [-0.3, -0.25) is 29.1 Å². The first-order valence-corrected chi connectivity index (χ1v) is 7.96. The van der Waals surface area contributed by atoms with Gasteiger partial charge in [0, 0.05) is 52.4 Å². The minimum absolute atomic E-state index is 0.0583. The lowest BCUT2D eigenvalue weighted by atomic mass is 10.3. The van der Waals surface area contributed by atoms with E-state index in [1.54, 1.807) is 9.80 Å². The molecule has 1 rings (SSSR count). The van der Waals surface area contributed by atoms with Gasteiger partial charge in [-0.05, 0) is 0 Å². The van der Waals surface area contributed by atoms with Gasteiger partial charge in [0.1, 0.15) is 0 Å². The number of primary amides is 1. The predicted molar refractivity (Wildman–Crippen MR) is 86.7 cm³/mol. The van der Waals surface area contributed by atoms with E-state index in [1.807, 2.05) is 4.90 Å². The molecule has 0 aromatic heterocycles. The first-order chi connectivity index (χ1) is 11.4. The summed E-state index contributed by atoms with van der Waals surface area (Å²) in [5.74, 6) is -2.24. The van der Waals surface area contributed by atoms with E-state index in [2.05, 4.69) is 5.32 Å². The lowest BCUT2D eigenvalue weighted by Crippen LogP contribution is -2.48. The summed E-state index contributed by atoms with van der Waals surface area (Å²) >= 11 is 0.